The van der Waals surface area contributed by atoms with E-state index in [-0.39, 0.29) is 5.91 Å². The quantitative estimate of drug-likeness (QED) is 0.833. The van der Waals surface area contributed by atoms with Crippen LogP contribution in [0.3, 0.4) is 0 Å². The SMILES string of the molecule is Cc1ccc(CC(=O)N(C)CC2CCOCC2)cc1. The van der Waals surface area contributed by atoms with Crippen molar-refractivity contribution in [2.45, 2.75) is 26.2 Å². The molecule has 104 valence electrons. The summed E-state index contributed by atoms with van der Waals surface area (Å²) >= 11 is 0. The normalized spacial score (nSPS) is 16.3. The highest BCUT2D eigenvalue weighted by Gasteiger charge is 2.18. The summed E-state index contributed by atoms with van der Waals surface area (Å²) in [7, 11) is 1.91. The van der Waals surface area contributed by atoms with Crippen LogP contribution in [0, 0.1) is 12.8 Å². The fraction of sp³-hybridized carbons (Fsp3) is 0.562. The minimum absolute atomic E-state index is 0.204. The molecule has 3 heteroatoms. The van der Waals surface area contributed by atoms with Gasteiger partial charge in [0, 0.05) is 26.8 Å². The summed E-state index contributed by atoms with van der Waals surface area (Å²) in [6, 6.07) is 8.19. The molecule has 1 aromatic rings. The summed E-state index contributed by atoms with van der Waals surface area (Å²) < 4.78 is 5.35. The lowest BCUT2D eigenvalue weighted by atomic mass is 9.99. The Morgan fingerprint density at radius 3 is 2.53 bits per heavy atom. The summed E-state index contributed by atoms with van der Waals surface area (Å²) in [6.45, 7) is 4.59. The Morgan fingerprint density at radius 2 is 1.89 bits per heavy atom. The number of hydrogen-bond donors (Lipinski definition) is 0. The number of carbonyl (C=O) groups excluding carboxylic acids is 1. The summed E-state index contributed by atoms with van der Waals surface area (Å²) in [5.41, 5.74) is 2.32. The first-order valence-electron chi connectivity index (χ1n) is 7.02. The van der Waals surface area contributed by atoms with Crippen molar-refractivity contribution in [1.29, 1.82) is 0 Å². The van der Waals surface area contributed by atoms with Gasteiger partial charge < -0.3 is 9.64 Å². The number of benzene rings is 1. The molecule has 0 aliphatic carbocycles. The van der Waals surface area contributed by atoms with Crippen molar-refractivity contribution in [2.24, 2.45) is 5.92 Å². The van der Waals surface area contributed by atoms with Gasteiger partial charge in [-0.25, -0.2) is 0 Å². The number of carbonyl (C=O) groups is 1. The Morgan fingerprint density at radius 1 is 1.26 bits per heavy atom. The largest absolute Gasteiger partial charge is 0.381 e. The Labute approximate surface area is 115 Å². The van der Waals surface area contributed by atoms with E-state index in [1.54, 1.807) is 0 Å². The topological polar surface area (TPSA) is 29.5 Å². The van der Waals surface area contributed by atoms with Crippen molar-refractivity contribution in [1.82, 2.24) is 4.90 Å². The molecule has 0 atom stereocenters. The van der Waals surface area contributed by atoms with Gasteiger partial charge >= 0.3 is 0 Å². The lowest BCUT2D eigenvalue weighted by molar-refractivity contribution is -0.130. The first kappa shape index (κ1) is 14.1. The maximum Gasteiger partial charge on any atom is 0.226 e. The Bertz CT molecular complexity index is 407. The summed E-state index contributed by atoms with van der Waals surface area (Å²) in [5.74, 6) is 0.802. The van der Waals surface area contributed by atoms with Gasteiger partial charge in [-0.15, -0.1) is 0 Å². The lowest BCUT2D eigenvalue weighted by Gasteiger charge is -2.27. The molecule has 3 nitrogen and oxygen atoms in total. The van der Waals surface area contributed by atoms with Crippen LogP contribution >= 0.6 is 0 Å². The first-order chi connectivity index (χ1) is 9.15. The van der Waals surface area contributed by atoms with Gasteiger partial charge in [0.2, 0.25) is 5.91 Å². The van der Waals surface area contributed by atoms with Crippen molar-refractivity contribution >= 4 is 5.91 Å². The van der Waals surface area contributed by atoms with Crippen molar-refractivity contribution in [3.8, 4) is 0 Å². The summed E-state index contributed by atoms with van der Waals surface area (Å²) in [4.78, 5) is 14.0. The number of rotatable bonds is 4. The molecule has 0 aromatic heterocycles. The zero-order valence-electron chi connectivity index (χ0n) is 11.9. The molecule has 1 fully saturated rings. The van der Waals surface area contributed by atoms with Crippen molar-refractivity contribution < 1.29 is 9.53 Å². The van der Waals surface area contributed by atoms with E-state index in [0.717, 1.165) is 38.2 Å². The molecule has 1 aromatic carbocycles. The van der Waals surface area contributed by atoms with E-state index < -0.39 is 0 Å². The monoisotopic (exact) mass is 261 g/mol. The highest BCUT2D eigenvalue weighted by Crippen LogP contribution is 2.16. The fourth-order valence-corrected chi connectivity index (χ4v) is 2.43. The van der Waals surface area contributed by atoms with Gasteiger partial charge in [0.25, 0.3) is 0 Å². The van der Waals surface area contributed by atoms with Crippen molar-refractivity contribution in [2.75, 3.05) is 26.8 Å². The molecule has 1 heterocycles. The maximum absolute atomic E-state index is 12.2. The number of aryl methyl sites for hydroxylation is 1. The average molecular weight is 261 g/mol. The van der Waals surface area contributed by atoms with E-state index in [0.29, 0.717) is 12.3 Å². The zero-order valence-corrected chi connectivity index (χ0v) is 11.9. The predicted molar refractivity (Wildman–Crippen MR) is 76.1 cm³/mol. The van der Waals surface area contributed by atoms with Crippen LogP contribution in [0.4, 0.5) is 0 Å². The summed E-state index contributed by atoms with van der Waals surface area (Å²) in [5, 5.41) is 0. The van der Waals surface area contributed by atoms with Crippen LogP contribution in [0.15, 0.2) is 24.3 Å². The molecular weight excluding hydrogens is 238 g/mol. The van der Waals surface area contributed by atoms with Gasteiger partial charge in [-0.3, -0.25) is 4.79 Å². The predicted octanol–water partition coefficient (Wildman–Crippen LogP) is 2.42. The molecule has 1 amide bonds. The van der Waals surface area contributed by atoms with E-state index in [4.69, 9.17) is 4.74 Å². The smallest absolute Gasteiger partial charge is 0.226 e. The third-order valence-electron chi connectivity index (χ3n) is 3.77. The molecule has 1 aliphatic heterocycles. The van der Waals surface area contributed by atoms with E-state index in [1.165, 1.54) is 5.56 Å². The second-order valence-electron chi connectivity index (χ2n) is 5.49. The third-order valence-corrected chi connectivity index (χ3v) is 3.77. The van der Waals surface area contributed by atoms with Gasteiger partial charge in [-0.1, -0.05) is 29.8 Å². The molecule has 0 radical (unpaired) electrons. The maximum atomic E-state index is 12.2. The van der Waals surface area contributed by atoms with Gasteiger partial charge in [-0.2, -0.15) is 0 Å². The highest BCUT2D eigenvalue weighted by atomic mass is 16.5. The Balaban J connectivity index is 1.83. The highest BCUT2D eigenvalue weighted by molar-refractivity contribution is 5.78. The molecule has 1 saturated heterocycles. The number of hydrogen-bond acceptors (Lipinski definition) is 2. The van der Waals surface area contributed by atoms with E-state index in [1.807, 2.05) is 24.1 Å². The van der Waals surface area contributed by atoms with Gasteiger partial charge in [0.15, 0.2) is 0 Å². The molecule has 0 saturated carbocycles. The Hall–Kier alpha value is -1.35. The molecule has 19 heavy (non-hydrogen) atoms. The van der Waals surface area contributed by atoms with Crippen LogP contribution in [0.1, 0.15) is 24.0 Å². The minimum atomic E-state index is 0.204. The first-order valence-corrected chi connectivity index (χ1v) is 7.02. The number of nitrogens with zero attached hydrogens (tertiary/aromatic N) is 1. The molecule has 0 unspecified atom stereocenters. The van der Waals surface area contributed by atoms with Crippen LogP contribution in [0.2, 0.25) is 0 Å². The second-order valence-corrected chi connectivity index (χ2v) is 5.49. The standard InChI is InChI=1S/C16H23NO2/c1-13-3-5-14(6-4-13)11-16(18)17(2)12-15-7-9-19-10-8-15/h3-6,15H,7-12H2,1-2H3. The number of amides is 1. The number of likely N-dealkylation sites (N-methyl/N-ethyl adjacent to an activating group) is 1. The van der Waals surface area contributed by atoms with Crippen molar-refractivity contribution in [3.63, 3.8) is 0 Å². The molecule has 2 rings (SSSR count). The molecule has 1 aliphatic rings. The van der Waals surface area contributed by atoms with E-state index >= 15 is 0 Å². The molecular formula is C16H23NO2. The van der Waals surface area contributed by atoms with Gasteiger partial charge in [0.05, 0.1) is 6.42 Å². The van der Waals surface area contributed by atoms with Gasteiger partial charge in [0.1, 0.15) is 0 Å². The zero-order chi connectivity index (χ0) is 13.7. The van der Waals surface area contributed by atoms with E-state index in [2.05, 4.69) is 19.1 Å². The molecule has 0 N–H and O–H groups in total. The van der Waals surface area contributed by atoms with Crippen LogP contribution in [0.5, 0.6) is 0 Å². The van der Waals surface area contributed by atoms with Crippen LogP contribution in [-0.2, 0) is 16.0 Å². The summed E-state index contributed by atoms with van der Waals surface area (Å²) in [6.07, 6.45) is 2.64. The van der Waals surface area contributed by atoms with Gasteiger partial charge in [-0.05, 0) is 31.2 Å². The number of ether oxygens (including phenoxy) is 1. The molecule has 0 spiro atoms. The van der Waals surface area contributed by atoms with Crippen LogP contribution in [0.25, 0.3) is 0 Å². The lowest BCUT2D eigenvalue weighted by Crippen LogP contribution is -2.35. The third kappa shape index (κ3) is 4.35. The average Bonchev–Trinajstić information content (AvgIpc) is 2.42. The van der Waals surface area contributed by atoms with Crippen LogP contribution < -0.4 is 0 Å². The van der Waals surface area contributed by atoms with E-state index in [9.17, 15) is 4.79 Å². The van der Waals surface area contributed by atoms with Crippen LogP contribution in [-0.4, -0.2) is 37.6 Å². The molecule has 0 bridgehead atoms. The minimum Gasteiger partial charge on any atom is -0.381 e. The van der Waals surface area contributed by atoms with Crippen molar-refractivity contribution in [3.05, 3.63) is 35.4 Å². The second kappa shape index (κ2) is 6.71. The fourth-order valence-electron chi connectivity index (χ4n) is 2.43. The Kier molecular flexibility index (Phi) is 4.97.